The van der Waals surface area contributed by atoms with Gasteiger partial charge in [0.05, 0.1) is 5.69 Å². The number of benzene rings is 2. The van der Waals surface area contributed by atoms with Crippen molar-refractivity contribution in [3.63, 3.8) is 0 Å². The van der Waals surface area contributed by atoms with Gasteiger partial charge in [0.15, 0.2) is 0 Å². The van der Waals surface area contributed by atoms with Crippen molar-refractivity contribution in [1.29, 1.82) is 0 Å². The highest BCUT2D eigenvalue weighted by Crippen LogP contribution is 2.27. The lowest BCUT2D eigenvalue weighted by atomic mass is 10.1. The fourth-order valence-electron chi connectivity index (χ4n) is 3.69. The van der Waals surface area contributed by atoms with Crippen molar-refractivity contribution >= 4 is 5.91 Å². The highest BCUT2D eigenvalue weighted by atomic mass is 19.1. The minimum atomic E-state index is -0.280. The summed E-state index contributed by atoms with van der Waals surface area (Å²) in [6.45, 7) is 3.30. The van der Waals surface area contributed by atoms with Crippen LogP contribution in [-0.2, 0) is 19.5 Å². The molecule has 2 heterocycles. The van der Waals surface area contributed by atoms with Crippen LogP contribution in [0.3, 0.4) is 0 Å². The van der Waals surface area contributed by atoms with E-state index in [4.69, 9.17) is 4.98 Å². The van der Waals surface area contributed by atoms with Gasteiger partial charge in [-0.1, -0.05) is 48.4 Å². The Morgan fingerprint density at radius 3 is 2.57 bits per heavy atom. The summed E-state index contributed by atoms with van der Waals surface area (Å²) in [5.41, 5.74) is 4.62. The Morgan fingerprint density at radius 1 is 1.07 bits per heavy atom. The molecule has 28 heavy (non-hydrogen) atoms. The number of halogens is 1. The van der Waals surface area contributed by atoms with Crippen molar-refractivity contribution in [3.8, 4) is 11.4 Å². The quantitative estimate of drug-likeness (QED) is 0.719. The molecule has 4 rings (SSSR count). The Hall–Kier alpha value is -2.95. The maximum atomic E-state index is 13.1. The molecule has 0 bridgehead atoms. The third-order valence-electron chi connectivity index (χ3n) is 5.26. The highest BCUT2D eigenvalue weighted by molar-refractivity contribution is 5.94. The lowest BCUT2D eigenvalue weighted by Crippen LogP contribution is -2.24. The van der Waals surface area contributed by atoms with E-state index >= 15 is 0 Å². The van der Waals surface area contributed by atoms with Crippen LogP contribution < -0.4 is 5.32 Å². The van der Waals surface area contributed by atoms with Crippen LogP contribution in [0.1, 0.15) is 46.6 Å². The smallest absolute Gasteiger partial charge is 0.272 e. The average molecular weight is 377 g/mol. The molecule has 3 aromatic rings. The molecule has 5 heteroatoms. The number of nitrogens with one attached hydrogen (secondary N) is 1. The van der Waals surface area contributed by atoms with Gasteiger partial charge in [-0.15, -0.1) is 0 Å². The van der Waals surface area contributed by atoms with E-state index in [-0.39, 0.29) is 11.7 Å². The predicted molar refractivity (Wildman–Crippen MR) is 108 cm³/mol. The van der Waals surface area contributed by atoms with Crippen LogP contribution in [0.4, 0.5) is 4.39 Å². The fourth-order valence-corrected chi connectivity index (χ4v) is 3.69. The number of aromatic nitrogens is 2. The second kappa shape index (κ2) is 7.97. The maximum absolute atomic E-state index is 13.1. The molecule has 0 atom stereocenters. The summed E-state index contributed by atoms with van der Waals surface area (Å²) in [7, 11) is 0. The fraction of sp³-hybridized carbons (Fsp3) is 0.304. The summed E-state index contributed by atoms with van der Waals surface area (Å²) in [6, 6.07) is 14.4. The first kappa shape index (κ1) is 18.4. The first-order valence-corrected chi connectivity index (χ1v) is 9.81. The molecule has 0 unspecified atom stereocenters. The van der Waals surface area contributed by atoms with Gasteiger partial charge in [-0.2, -0.15) is 0 Å². The Kier molecular flexibility index (Phi) is 5.24. The van der Waals surface area contributed by atoms with E-state index in [1.165, 1.54) is 17.7 Å². The van der Waals surface area contributed by atoms with Crippen molar-refractivity contribution in [3.05, 3.63) is 76.9 Å². The van der Waals surface area contributed by atoms with Crippen LogP contribution in [0.15, 0.2) is 48.5 Å². The Labute approximate surface area is 164 Å². The molecule has 1 aliphatic heterocycles. The van der Waals surface area contributed by atoms with Crippen molar-refractivity contribution in [2.75, 3.05) is 0 Å². The highest BCUT2D eigenvalue weighted by Gasteiger charge is 2.24. The standard InChI is InChI=1S/C23H24FN3O/c1-16-6-10-18(11-7-16)22-26-21(20-5-3-2-4-14-27(20)22)23(28)25-15-17-8-12-19(24)13-9-17/h6-13H,2-5,14-15H2,1H3,(H,25,28). The molecule has 1 aromatic heterocycles. The number of nitrogens with zero attached hydrogens (tertiary/aromatic N) is 2. The van der Waals surface area contributed by atoms with E-state index in [0.29, 0.717) is 12.2 Å². The molecule has 0 spiro atoms. The van der Waals surface area contributed by atoms with Crippen molar-refractivity contribution in [2.24, 2.45) is 0 Å². The van der Waals surface area contributed by atoms with E-state index in [1.807, 2.05) is 0 Å². The second-order valence-corrected chi connectivity index (χ2v) is 7.37. The summed E-state index contributed by atoms with van der Waals surface area (Å²) >= 11 is 0. The molecule has 144 valence electrons. The summed E-state index contributed by atoms with van der Waals surface area (Å²) in [5, 5.41) is 2.94. The van der Waals surface area contributed by atoms with Gasteiger partial charge in [0.25, 0.3) is 5.91 Å². The Balaban J connectivity index is 1.63. The summed E-state index contributed by atoms with van der Waals surface area (Å²) in [6.07, 6.45) is 4.18. The zero-order valence-electron chi connectivity index (χ0n) is 16.0. The van der Waals surface area contributed by atoms with Crippen molar-refractivity contribution < 1.29 is 9.18 Å². The normalized spacial score (nSPS) is 13.6. The molecule has 0 radical (unpaired) electrons. The zero-order valence-corrected chi connectivity index (χ0v) is 16.0. The second-order valence-electron chi connectivity index (χ2n) is 7.37. The van der Waals surface area contributed by atoms with Gasteiger partial charge in [-0.25, -0.2) is 9.37 Å². The SMILES string of the molecule is Cc1ccc(-c2nc(C(=O)NCc3ccc(F)cc3)c3n2CCCCC3)cc1. The largest absolute Gasteiger partial charge is 0.347 e. The van der Waals surface area contributed by atoms with Crippen molar-refractivity contribution in [2.45, 2.75) is 45.7 Å². The Morgan fingerprint density at radius 2 is 1.82 bits per heavy atom. The lowest BCUT2D eigenvalue weighted by molar-refractivity contribution is 0.0945. The minimum absolute atomic E-state index is 0.173. The van der Waals surface area contributed by atoms with Gasteiger partial charge in [0.2, 0.25) is 0 Å². The van der Waals surface area contributed by atoms with Crippen LogP contribution in [0.25, 0.3) is 11.4 Å². The topological polar surface area (TPSA) is 46.9 Å². The average Bonchev–Trinajstić information content (AvgIpc) is 2.89. The van der Waals surface area contributed by atoms with Crippen molar-refractivity contribution in [1.82, 2.24) is 14.9 Å². The van der Waals surface area contributed by atoms with E-state index in [0.717, 1.165) is 54.9 Å². The van der Waals surface area contributed by atoms with Crippen LogP contribution in [-0.4, -0.2) is 15.5 Å². The van der Waals surface area contributed by atoms with E-state index in [2.05, 4.69) is 41.1 Å². The molecule has 0 aliphatic carbocycles. The van der Waals surface area contributed by atoms with Crippen LogP contribution >= 0.6 is 0 Å². The number of hydrogen-bond acceptors (Lipinski definition) is 2. The number of rotatable bonds is 4. The molecular formula is C23H24FN3O. The zero-order chi connectivity index (χ0) is 19.5. The molecule has 4 nitrogen and oxygen atoms in total. The predicted octanol–water partition coefficient (Wildman–Crippen LogP) is 4.65. The molecule has 1 N–H and O–H groups in total. The minimum Gasteiger partial charge on any atom is -0.347 e. The van der Waals surface area contributed by atoms with Gasteiger partial charge in [0.1, 0.15) is 17.3 Å². The maximum Gasteiger partial charge on any atom is 0.272 e. The third kappa shape index (κ3) is 3.84. The van der Waals surface area contributed by atoms with Crippen LogP contribution in [0, 0.1) is 12.7 Å². The van der Waals surface area contributed by atoms with Gasteiger partial charge >= 0.3 is 0 Å². The lowest BCUT2D eigenvalue weighted by Gasteiger charge is -2.09. The van der Waals surface area contributed by atoms with E-state index in [9.17, 15) is 9.18 Å². The molecular weight excluding hydrogens is 353 g/mol. The summed E-state index contributed by atoms with van der Waals surface area (Å²) in [4.78, 5) is 17.7. The number of carbonyl (C=O) groups is 1. The molecule has 2 aromatic carbocycles. The van der Waals surface area contributed by atoms with Crippen LogP contribution in [0.2, 0.25) is 0 Å². The summed E-state index contributed by atoms with van der Waals surface area (Å²) < 4.78 is 15.3. The number of amides is 1. The number of carbonyl (C=O) groups excluding carboxylic acids is 1. The van der Waals surface area contributed by atoms with Gasteiger partial charge in [-0.05, 0) is 43.9 Å². The third-order valence-corrected chi connectivity index (χ3v) is 5.26. The van der Waals surface area contributed by atoms with E-state index < -0.39 is 0 Å². The number of imidazole rings is 1. The van der Waals surface area contributed by atoms with E-state index in [1.54, 1.807) is 12.1 Å². The first-order chi connectivity index (χ1) is 13.6. The molecule has 0 saturated carbocycles. The molecule has 1 aliphatic rings. The Bertz CT molecular complexity index is 974. The molecule has 0 fully saturated rings. The van der Waals surface area contributed by atoms with Crippen LogP contribution in [0.5, 0.6) is 0 Å². The number of hydrogen-bond donors (Lipinski definition) is 1. The van der Waals surface area contributed by atoms with Gasteiger partial charge in [0, 0.05) is 18.7 Å². The number of aryl methyl sites for hydroxylation is 1. The molecule has 1 amide bonds. The first-order valence-electron chi connectivity index (χ1n) is 9.81. The monoisotopic (exact) mass is 377 g/mol. The van der Waals surface area contributed by atoms with Gasteiger partial charge in [-0.3, -0.25) is 4.79 Å². The number of fused-ring (bicyclic) bond motifs is 1. The summed E-state index contributed by atoms with van der Waals surface area (Å²) in [5.74, 6) is 0.411. The molecule has 0 saturated heterocycles. The van der Waals surface area contributed by atoms with Gasteiger partial charge < -0.3 is 9.88 Å².